The quantitative estimate of drug-likeness (QED) is 0.931. The van der Waals surface area contributed by atoms with Gasteiger partial charge in [-0.2, -0.15) is 4.98 Å². The van der Waals surface area contributed by atoms with Gasteiger partial charge in [-0.05, 0) is 37.8 Å². The standard InChI is InChI=1S/C18H22N4O2/c1-12-5-7-22(8-6-12)18-19-13(2)9-17(21-18)20-14-3-4-15-16(10-14)24-11-23-15/h3-4,9-10,12H,5-8,11H2,1-2H3,(H,19,20,21). The molecule has 126 valence electrons. The van der Waals surface area contributed by atoms with Crippen molar-refractivity contribution in [3.63, 3.8) is 0 Å². The van der Waals surface area contributed by atoms with E-state index in [-0.39, 0.29) is 6.79 Å². The van der Waals surface area contributed by atoms with Crippen molar-refractivity contribution in [3.05, 3.63) is 30.0 Å². The van der Waals surface area contributed by atoms with Gasteiger partial charge in [0, 0.05) is 36.6 Å². The van der Waals surface area contributed by atoms with Crippen LogP contribution < -0.4 is 19.7 Å². The molecule has 1 aromatic heterocycles. The van der Waals surface area contributed by atoms with Crippen LogP contribution in [0.3, 0.4) is 0 Å². The molecule has 6 heteroatoms. The topological polar surface area (TPSA) is 59.5 Å². The Balaban J connectivity index is 1.55. The summed E-state index contributed by atoms with van der Waals surface area (Å²) in [6, 6.07) is 7.77. The number of aromatic nitrogens is 2. The number of ether oxygens (including phenoxy) is 2. The molecule has 0 bridgehead atoms. The first kappa shape index (κ1) is 15.1. The number of nitrogens with zero attached hydrogens (tertiary/aromatic N) is 3. The highest BCUT2D eigenvalue weighted by atomic mass is 16.7. The van der Waals surface area contributed by atoms with E-state index in [1.54, 1.807) is 0 Å². The maximum absolute atomic E-state index is 5.43. The van der Waals surface area contributed by atoms with Gasteiger partial charge in [-0.15, -0.1) is 0 Å². The summed E-state index contributed by atoms with van der Waals surface area (Å²) in [6.45, 7) is 6.63. The first-order valence-electron chi connectivity index (χ1n) is 8.45. The molecule has 6 nitrogen and oxygen atoms in total. The molecule has 0 amide bonds. The van der Waals surface area contributed by atoms with Crippen molar-refractivity contribution in [1.29, 1.82) is 0 Å². The molecule has 1 fully saturated rings. The lowest BCUT2D eigenvalue weighted by Gasteiger charge is -2.30. The van der Waals surface area contributed by atoms with Crippen LogP contribution in [0.15, 0.2) is 24.3 Å². The van der Waals surface area contributed by atoms with E-state index in [0.717, 1.165) is 53.7 Å². The highest BCUT2D eigenvalue weighted by molar-refractivity contribution is 5.62. The van der Waals surface area contributed by atoms with Crippen molar-refractivity contribution in [3.8, 4) is 11.5 Å². The van der Waals surface area contributed by atoms with Gasteiger partial charge in [0.15, 0.2) is 11.5 Å². The summed E-state index contributed by atoms with van der Waals surface area (Å²) in [6.07, 6.45) is 2.39. The van der Waals surface area contributed by atoms with Crippen LogP contribution in [-0.2, 0) is 0 Å². The summed E-state index contributed by atoms with van der Waals surface area (Å²) in [5.74, 6) is 3.94. The zero-order chi connectivity index (χ0) is 16.5. The number of benzene rings is 1. The largest absolute Gasteiger partial charge is 0.454 e. The summed E-state index contributed by atoms with van der Waals surface area (Å²) in [5, 5.41) is 3.35. The van der Waals surface area contributed by atoms with Crippen molar-refractivity contribution in [1.82, 2.24) is 9.97 Å². The summed E-state index contributed by atoms with van der Waals surface area (Å²) in [5.41, 5.74) is 1.89. The number of nitrogens with one attached hydrogen (secondary N) is 1. The first-order chi connectivity index (χ1) is 11.7. The van der Waals surface area contributed by atoms with Gasteiger partial charge in [0.1, 0.15) is 5.82 Å². The van der Waals surface area contributed by atoms with E-state index in [2.05, 4.69) is 22.1 Å². The third-order valence-electron chi connectivity index (χ3n) is 4.55. The minimum atomic E-state index is 0.281. The fraction of sp³-hybridized carbons (Fsp3) is 0.444. The van der Waals surface area contributed by atoms with Crippen LogP contribution in [0.2, 0.25) is 0 Å². The molecule has 0 spiro atoms. The van der Waals surface area contributed by atoms with Crippen molar-refractivity contribution < 1.29 is 9.47 Å². The molecule has 3 heterocycles. The van der Waals surface area contributed by atoms with Crippen LogP contribution in [0.4, 0.5) is 17.5 Å². The Morgan fingerprint density at radius 3 is 2.71 bits per heavy atom. The lowest BCUT2D eigenvalue weighted by Crippen LogP contribution is -2.34. The molecule has 1 aromatic carbocycles. The lowest BCUT2D eigenvalue weighted by molar-refractivity contribution is 0.174. The molecular weight excluding hydrogens is 304 g/mol. The lowest BCUT2D eigenvalue weighted by atomic mass is 10.00. The maximum atomic E-state index is 5.43. The summed E-state index contributed by atoms with van der Waals surface area (Å²) in [7, 11) is 0. The second-order valence-electron chi connectivity index (χ2n) is 6.56. The zero-order valence-electron chi connectivity index (χ0n) is 14.1. The molecule has 2 aromatic rings. The Hall–Kier alpha value is -2.50. The predicted octanol–water partition coefficient (Wildman–Crippen LogP) is 3.49. The average Bonchev–Trinajstić information content (AvgIpc) is 3.02. The molecule has 0 radical (unpaired) electrons. The minimum Gasteiger partial charge on any atom is -0.454 e. The highest BCUT2D eigenvalue weighted by Crippen LogP contribution is 2.35. The van der Waals surface area contributed by atoms with Crippen LogP contribution in [0.5, 0.6) is 11.5 Å². The number of hydrogen-bond donors (Lipinski definition) is 1. The van der Waals surface area contributed by atoms with E-state index >= 15 is 0 Å². The Labute approximate surface area is 141 Å². The van der Waals surface area contributed by atoms with Gasteiger partial charge in [0.25, 0.3) is 0 Å². The third kappa shape index (κ3) is 3.09. The Morgan fingerprint density at radius 2 is 1.88 bits per heavy atom. The van der Waals surface area contributed by atoms with E-state index < -0.39 is 0 Å². The van der Waals surface area contributed by atoms with Crippen LogP contribution >= 0.6 is 0 Å². The predicted molar refractivity (Wildman–Crippen MR) is 93.2 cm³/mol. The van der Waals surface area contributed by atoms with Gasteiger partial charge < -0.3 is 19.7 Å². The van der Waals surface area contributed by atoms with Gasteiger partial charge in [-0.25, -0.2) is 4.98 Å². The Kier molecular flexibility index (Phi) is 3.88. The normalized spacial score (nSPS) is 17.2. The van der Waals surface area contributed by atoms with Crippen LogP contribution in [0, 0.1) is 12.8 Å². The number of piperidine rings is 1. The van der Waals surface area contributed by atoms with Gasteiger partial charge in [0.2, 0.25) is 12.7 Å². The fourth-order valence-electron chi connectivity index (χ4n) is 3.09. The van der Waals surface area contributed by atoms with Crippen molar-refractivity contribution in [2.45, 2.75) is 26.7 Å². The first-order valence-corrected chi connectivity index (χ1v) is 8.45. The molecular formula is C18H22N4O2. The zero-order valence-corrected chi connectivity index (χ0v) is 14.1. The molecule has 0 aliphatic carbocycles. The summed E-state index contributed by atoms with van der Waals surface area (Å²) < 4.78 is 10.8. The van der Waals surface area contributed by atoms with Gasteiger partial charge in [-0.3, -0.25) is 0 Å². The molecule has 4 rings (SSSR count). The smallest absolute Gasteiger partial charge is 0.231 e. The number of anilines is 3. The van der Waals surface area contributed by atoms with E-state index in [1.807, 2.05) is 31.2 Å². The van der Waals surface area contributed by atoms with Crippen molar-refractivity contribution >= 4 is 17.5 Å². The van der Waals surface area contributed by atoms with Crippen LogP contribution in [-0.4, -0.2) is 29.9 Å². The number of fused-ring (bicyclic) bond motifs is 1. The molecule has 24 heavy (non-hydrogen) atoms. The SMILES string of the molecule is Cc1cc(Nc2ccc3c(c2)OCO3)nc(N2CCC(C)CC2)n1. The maximum Gasteiger partial charge on any atom is 0.231 e. The van der Waals surface area contributed by atoms with Crippen molar-refractivity contribution in [2.24, 2.45) is 5.92 Å². The molecule has 1 saturated heterocycles. The third-order valence-corrected chi connectivity index (χ3v) is 4.55. The van der Waals surface area contributed by atoms with E-state index in [1.165, 1.54) is 12.8 Å². The Bertz CT molecular complexity index is 742. The Morgan fingerprint density at radius 1 is 1.08 bits per heavy atom. The molecule has 1 N–H and O–H groups in total. The van der Waals surface area contributed by atoms with Crippen molar-refractivity contribution in [2.75, 3.05) is 30.1 Å². The molecule has 0 unspecified atom stereocenters. The second-order valence-corrected chi connectivity index (χ2v) is 6.56. The average molecular weight is 326 g/mol. The molecule has 0 atom stereocenters. The van der Waals surface area contributed by atoms with Gasteiger partial charge in [-0.1, -0.05) is 6.92 Å². The van der Waals surface area contributed by atoms with E-state index in [4.69, 9.17) is 14.5 Å². The number of hydrogen-bond acceptors (Lipinski definition) is 6. The molecule has 2 aliphatic rings. The summed E-state index contributed by atoms with van der Waals surface area (Å²) in [4.78, 5) is 11.6. The van der Waals surface area contributed by atoms with Crippen LogP contribution in [0.1, 0.15) is 25.5 Å². The van der Waals surface area contributed by atoms with Gasteiger partial charge in [0.05, 0.1) is 0 Å². The minimum absolute atomic E-state index is 0.281. The molecule has 2 aliphatic heterocycles. The van der Waals surface area contributed by atoms with E-state index in [9.17, 15) is 0 Å². The number of rotatable bonds is 3. The van der Waals surface area contributed by atoms with Gasteiger partial charge >= 0.3 is 0 Å². The summed E-state index contributed by atoms with van der Waals surface area (Å²) >= 11 is 0. The fourth-order valence-corrected chi connectivity index (χ4v) is 3.09. The van der Waals surface area contributed by atoms with Crippen LogP contribution in [0.25, 0.3) is 0 Å². The monoisotopic (exact) mass is 326 g/mol. The van der Waals surface area contributed by atoms with E-state index in [0.29, 0.717) is 0 Å². The molecule has 0 saturated carbocycles. The number of aryl methyl sites for hydroxylation is 1. The second kappa shape index (κ2) is 6.19. The highest BCUT2D eigenvalue weighted by Gasteiger charge is 2.19.